The van der Waals surface area contributed by atoms with Gasteiger partial charge >= 0.3 is 11.9 Å². The fraction of sp³-hybridized carbons (Fsp3) is 0.375. The van der Waals surface area contributed by atoms with Crippen LogP contribution in [0, 0.1) is 0 Å². The molecular weight excluding hydrogens is 241 g/mol. The molecule has 0 aliphatic rings. The van der Waals surface area contributed by atoms with Crippen LogP contribution in [0.5, 0.6) is 0 Å². The summed E-state index contributed by atoms with van der Waals surface area (Å²) in [6.45, 7) is 0. The van der Waals surface area contributed by atoms with E-state index in [2.05, 4.69) is 4.98 Å². The van der Waals surface area contributed by atoms with E-state index in [4.69, 9.17) is 0 Å². The minimum atomic E-state index is -4.69. The second kappa shape index (κ2) is 3.22. The maximum Gasteiger partial charge on any atom is 0.449 e. The molecule has 0 saturated carbocycles. The van der Waals surface area contributed by atoms with Crippen LogP contribution >= 0.6 is 0 Å². The predicted octanol–water partition coefficient (Wildman–Crippen LogP) is -0.0209. The quantitative estimate of drug-likeness (QED) is 0.712. The number of fused-ring (bicyclic) bond motifs is 1. The van der Waals surface area contributed by atoms with Gasteiger partial charge in [-0.2, -0.15) is 13.2 Å². The summed E-state index contributed by atoms with van der Waals surface area (Å²) in [5.74, 6) is -1.30. The molecule has 1 N–H and O–H groups in total. The van der Waals surface area contributed by atoms with E-state index in [1.165, 1.54) is 14.1 Å². The highest BCUT2D eigenvalue weighted by molar-refractivity contribution is 5.69. The number of aromatic amines is 1. The van der Waals surface area contributed by atoms with E-state index >= 15 is 0 Å². The predicted molar refractivity (Wildman–Crippen MR) is 51.6 cm³/mol. The minimum absolute atomic E-state index is 0.314. The summed E-state index contributed by atoms with van der Waals surface area (Å²) in [6.07, 6.45) is -4.69. The van der Waals surface area contributed by atoms with Crippen molar-refractivity contribution in [3.8, 4) is 0 Å². The number of aromatic nitrogens is 4. The lowest BCUT2D eigenvalue weighted by atomic mass is 10.5. The van der Waals surface area contributed by atoms with Crippen LogP contribution < -0.4 is 11.2 Å². The Labute approximate surface area is 91.3 Å². The molecule has 0 spiro atoms. The van der Waals surface area contributed by atoms with E-state index in [-0.39, 0.29) is 11.2 Å². The van der Waals surface area contributed by atoms with Gasteiger partial charge in [-0.1, -0.05) is 0 Å². The Balaban J connectivity index is 2.97. The van der Waals surface area contributed by atoms with Crippen molar-refractivity contribution in [3.63, 3.8) is 0 Å². The van der Waals surface area contributed by atoms with Crippen molar-refractivity contribution in [2.75, 3.05) is 0 Å². The van der Waals surface area contributed by atoms with Crippen molar-refractivity contribution >= 4 is 11.2 Å². The topological polar surface area (TPSA) is 72.7 Å². The van der Waals surface area contributed by atoms with Gasteiger partial charge in [-0.25, -0.2) is 9.78 Å². The third kappa shape index (κ3) is 1.54. The summed E-state index contributed by atoms with van der Waals surface area (Å²) in [5, 5.41) is 0. The summed E-state index contributed by atoms with van der Waals surface area (Å²) in [6, 6.07) is 0. The number of halogens is 3. The second-order valence-corrected chi connectivity index (χ2v) is 3.49. The Morgan fingerprint density at radius 2 is 1.76 bits per heavy atom. The SMILES string of the molecule is Cn1c(=O)c2[nH]c(C(F)(F)F)nc2n(C)c1=O. The summed E-state index contributed by atoms with van der Waals surface area (Å²) < 4.78 is 38.8. The molecule has 0 aliphatic heterocycles. The minimum Gasteiger partial charge on any atom is -0.328 e. The Bertz CT molecular complexity index is 706. The number of hydrogen-bond donors (Lipinski definition) is 1. The first-order chi connectivity index (χ1) is 7.73. The molecule has 2 rings (SSSR count). The summed E-state index contributed by atoms with van der Waals surface area (Å²) in [5.41, 5.74) is -2.24. The number of hydrogen-bond acceptors (Lipinski definition) is 3. The van der Waals surface area contributed by atoms with Crippen molar-refractivity contribution in [1.29, 1.82) is 0 Å². The van der Waals surface area contributed by atoms with Crippen LogP contribution in [0.3, 0.4) is 0 Å². The average Bonchev–Trinajstić information content (AvgIpc) is 2.67. The highest BCUT2D eigenvalue weighted by atomic mass is 19.4. The first kappa shape index (κ1) is 11.4. The van der Waals surface area contributed by atoms with E-state index in [1.807, 2.05) is 4.98 Å². The highest BCUT2D eigenvalue weighted by Crippen LogP contribution is 2.27. The molecule has 0 amide bonds. The largest absolute Gasteiger partial charge is 0.449 e. The van der Waals surface area contributed by atoms with Gasteiger partial charge in [0.05, 0.1) is 0 Å². The molecule has 0 saturated heterocycles. The van der Waals surface area contributed by atoms with Crippen molar-refractivity contribution in [2.24, 2.45) is 14.1 Å². The molecule has 6 nitrogen and oxygen atoms in total. The van der Waals surface area contributed by atoms with Crippen molar-refractivity contribution in [3.05, 3.63) is 26.7 Å². The van der Waals surface area contributed by atoms with Crippen LogP contribution in [-0.2, 0) is 20.3 Å². The van der Waals surface area contributed by atoms with Crippen molar-refractivity contribution < 1.29 is 13.2 Å². The Hall–Kier alpha value is -2.06. The lowest BCUT2D eigenvalue weighted by molar-refractivity contribution is -0.144. The van der Waals surface area contributed by atoms with E-state index in [9.17, 15) is 22.8 Å². The zero-order chi connectivity index (χ0) is 13.0. The van der Waals surface area contributed by atoms with Gasteiger partial charge in [0.2, 0.25) is 5.82 Å². The molecule has 17 heavy (non-hydrogen) atoms. The zero-order valence-electron chi connectivity index (χ0n) is 8.79. The number of nitrogens with zero attached hydrogens (tertiary/aromatic N) is 3. The van der Waals surface area contributed by atoms with Gasteiger partial charge in [0.1, 0.15) is 5.52 Å². The number of rotatable bonds is 0. The van der Waals surface area contributed by atoms with Gasteiger partial charge in [-0.05, 0) is 0 Å². The first-order valence-electron chi connectivity index (χ1n) is 4.46. The normalized spacial score (nSPS) is 12.3. The van der Waals surface area contributed by atoms with Gasteiger partial charge in [0.15, 0.2) is 5.65 Å². The average molecular weight is 248 g/mol. The highest BCUT2D eigenvalue weighted by Gasteiger charge is 2.35. The van der Waals surface area contributed by atoms with E-state index in [1.54, 1.807) is 0 Å². The molecule has 9 heteroatoms. The van der Waals surface area contributed by atoms with E-state index in [0.717, 1.165) is 4.57 Å². The van der Waals surface area contributed by atoms with Gasteiger partial charge in [-0.3, -0.25) is 13.9 Å². The Morgan fingerprint density at radius 1 is 1.18 bits per heavy atom. The molecular formula is C8H7F3N4O2. The van der Waals surface area contributed by atoms with Gasteiger partial charge in [0, 0.05) is 14.1 Å². The molecule has 0 aliphatic carbocycles. The standard InChI is InChI=1S/C8H7F3N4O2/c1-14-4-3(5(16)15(2)7(14)17)12-6(13-4)8(9,10)11/h1-2H3,(H,12,13). The van der Waals surface area contributed by atoms with Crippen LogP contribution in [0.1, 0.15) is 5.82 Å². The monoisotopic (exact) mass is 248 g/mol. The molecule has 2 aromatic rings. The number of aryl methyl sites for hydroxylation is 1. The fourth-order valence-corrected chi connectivity index (χ4v) is 1.46. The molecule has 0 aromatic carbocycles. The van der Waals surface area contributed by atoms with Crippen LogP contribution in [0.4, 0.5) is 13.2 Å². The fourth-order valence-electron chi connectivity index (χ4n) is 1.46. The smallest absolute Gasteiger partial charge is 0.328 e. The summed E-state index contributed by atoms with van der Waals surface area (Å²) >= 11 is 0. The number of alkyl halides is 3. The molecule has 0 atom stereocenters. The van der Waals surface area contributed by atoms with Crippen molar-refractivity contribution in [2.45, 2.75) is 6.18 Å². The van der Waals surface area contributed by atoms with Crippen LogP contribution in [0.2, 0.25) is 0 Å². The number of nitrogens with one attached hydrogen (secondary N) is 1. The van der Waals surface area contributed by atoms with E-state index in [0.29, 0.717) is 4.57 Å². The third-order valence-corrected chi connectivity index (χ3v) is 2.36. The summed E-state index contributed by atoms with van der Waals surface area (Å²) in [4.78, 5) is 28.1. The lowest BCUT2D eigenvalue weighted by Gasteiger charge is -2.00. The molecule has 0 bridgehead atoms. The molecule has 2 heterocycles. The van der Waals surface area contributed by atoms with Gasteiger partial charge in [-0.15, -0.1) is 0 Å². The van der Waals surface area contributed by atoms with Crippen LogP contribution in [0.15, 0.2) is 9.59 Å². The Morgan fingerprint density at radius 3 is 2.29 bits per heavy atom. The zero-order valence-corrected chi connectivity index (χ0v) is 8.79. The van der Waals surface area contributed by atoms with Crippen LogP contribution in [0.25, 0.3) is 11.2 Å². The molecule has 2 aromatic heterocycles. The van der Waals surface area contributed by atoms with Gasteiger partial charge < -0.3 is 4.98 Å². The Kier molecular flexibility index (Phi) is 2.16. The van der Waals surface area contributed by atoms with Crippen LogP contribution in [-0.4, -0.2) is 19.1 Å². The molecule has 0 radical (unpaired) electrons. The first-order valence-corrected chi connectivity index (χ1v) is 4.46. The molecule has 0 unspecified atom stereocenters. The van der Waals surface area contributed by atoms with Crippen molar-refractivity contribution in [1.82, 2.24) is 19.1 Å². The maximum atomic E-state index is 12.4. The number of H-pyrrole nitrogens is 1. The molecule has 0 fully saturated rings. The van der Waals surface area contributed by atoms with E-state index < -0.39 is 23.2 Å². The molecule has 92 valence electrons. The third-order valence-electron chi connectivity index (χ3n) is 2.36. The summed E-state index contributed by atoms with van der Waals surface area (Å²) in [7, 11) is 2.42. The number of imidazole rings is 1. The van der Waals surface area contributed by atoms with Gasteiger partial charge in [0.25, 0.3) is 5.56 Å². The maximum absolute atomic E-state index is 12.4. The second-order valence-electron chi connectivity index (χ2n) is 3.49. The lowest BCUT2D eigenvalue weighted by Crippen LogP contribution is -2.36.